The molecule has 0 aliphatic heterocycles. The van der Waals surface area contributed by atoms with Gasteiger partial charge in [-0.3, -0.25) is 0 Å². The topological polar surface area (TPSA) is 38.9 Å². The molecule has 0 aliphatic rings. The number of pyridine rings is 1. The normalized spacial score (nSPS) is 13.6. The maximum absolute atomic E-state index is 12.3. The molecule has 2 N–H and O–H groups in total. The SMILES string of the molecule is CC(N)CCCCSc1ccc(C(F)(F)F)cn1. The highest BCUT2D eigenvalue weighted by atomic mass is 32.2. The van der Waals surface area contributed by atoms with Crippen molar-refractivity contribution in [2.45, 2.75) is 43.4 Å². The Morgan fingerprint density at radius 2 is 2.06 bits per heavy atom. The molecule has 0 saturated heterocycles. The quantitative estimate of drug-likeness (QED) is 0.637. The molecule has 0 aliphatic carbocycles. The Labute approximate surface area is 109 Å². The minimum Gasteiger partial charge on any atom is -0.328 e. The first-order valence-electron chi connectivity index (χ1n) is 5.81. The van der Waals surface area contributed by atoms with Gasteiger partial charge in [0.1, 0.15) is 0 Å². The zero-order valence-electron chi connectivity index (χ0n) is 10.2. The van der Waals surface area contributed by atoms with Crippen LogP contribution < -0.4 is 5.73 Å². The Morgan fingerprint density at radius 1 is 1.33 bits per heavy atom. The number of halogens is 3. The van der Waals surface area contributed by atoms with Crippen LogP contribution in [0.15, 0.2) is 23.4 Å². The van der Waals surface area contributed by atoms with E-state index in [-0.39, 0.29) is 6.04 Å². The van der Waals surface area contributed by atoms with Crippen LogP contribution in [0, 0.1) is 0 Å². The molecule has 1 unspecified atom stereocenters. The molecular formula is C12H17F3N2S. The second kappa shape index (κ2) is 6.99. The van der Waals surface area contributed by atoms with E-state index in [0.29, 0.717) is 5.03 Å². The van der Waals surface area contributed by atoms with Crippen LogP contribution in [0.1, 0.15) is 31.7 Å². The summed E-state index contributed by atoms with van der Waals surface area (Å²) in [5.41, 5.74) is 4.91. The number of rotatable bonds is 6. The molecule has 1 rings (SSSR count). The molecule has 1 heterocycles. The first-order chi connectivity index (χ1) is 8.39. The number of hydrogen-bond acceptors (Lipinski definition) is 3. The molecule has 0 radical (unpaired) electrons. The lowest BCUT2D eigenvalue weighted by molar-refractivity contribution is -0.137. The van der Waals surface area contributed by atoms with Crippen molar-refractivity contribution in [3.63, 3.8) is 0 Å². The Balaban J connectivity index is 2.31. The summed E-state index contributed by atoms with van der Waals surface area (Å²) < 4.78 is 36.9. The molecule has 1 aromatic rings. The van der Waals surface area contributed by atoms with E-state index in [2.05, 4.69) is 4.98 Å². The van der Waals surface area contributed by atoms with Gasteiger partial charge >= 0.3 is 6.18 Å². The van der Waals surface area contributed by atoms with E-state index < -0.39 is 11.7 Å². The van der Waals surface area contributed by atoms with Crippen LogP contribution in [-0.2, 0) is 6.18 Å². The third-order valence-electron chi connectivity index (χ3n) is 2.37. The molecule has 1 atom stereocenters. The highest BCUT2D eigenvalue weighted by molar-refractivity contribution is 7.99. The molecule has 0 spiro atoms. The number of thioether (sulfide) groups is 1. The molecule has 102 valence electrons. The summed E-state index contributed by atoms with van der Waals surface area (Å²) in [4.78, 5) is 3.80. The second-order valence-electron chi connectivity index (χ2n) is 4.20. The average molecular weight is 278 g/mol. The number of alkyl halides is 3. The number of aromatic nitrogens is 1. The molecule has 0 saturated carbocycles. The monoisotopic (exact) mass is 278 g/mol. The van der Waals surface area contributed by atoms with Crippen molar-refractivity contribution in [3.05, 3.63) is 23.9 Å². The number of hydrogen-bond donors (Lipinski definition) is 1. The van der Waals surface area contributed by atoms with Gasteiger partial charge in [-0.15, -0.1) is 11.8 Å². The maximum atomic E-state index is 12.3. The van der Waals surface area contributed by atoms with E-state index in [4.69, 9.17) is 5.73 Å². The lowest BCUT2D eigenvalue weighted by Gasteiger charge is -2.07. The Hall–Kier alpha value is -0.750. The fourth-order valence-electron chi connectivity index (χ4n) is 1.38. The summed E-state index contributed by atoms with van der Waals surface area (Å²) >= 11 is 1.47. The molecule has 2 nitrogen and oxygen atoms in total. The van der Waals surface area contributed by atoms with Gasteiger partial charge in [0.25, 0.3) is 0 Å². The molecule has 6 heteroatoms. The van der Waals surface area contributed by atoms with Crippen LogP contribution in [0.25, 0.3) is 0 Å². The zero-order valence-corrected chi connectivity index (χ0v) is 11.0. The second-order valence-corrected chi connectivity index (χ2v) is 5.32. The van der Waals surface area contributed by atoms with Crippen LogP contribution in [0.5, 0.6) is 0 Å². The minimum atomic E-state index is -4.31. The van der Waals surface area contributed by atoms with E-state index in [1.54, 1.807) is 0 Å². The summed E-state index contributed by atoms with van der Waals surface area (Å²) in [6.07, 6.45) is -0.432. The lowest BCUT2D eigenvalue weighted by atomic mass is 10.2. The summed E-state index contributed by atoms with van der Waals surface area (Å²) in [6.45, 7) is 1.96. The Bertz CT molecular complexity index is 349. The molecule has 0 bridgehead atoms. The third-order valence-corrected chi connectivity index (χ3v) is 3.40. The van der Waals surface area contributed by atoms with Crippen molar-refractivity contribution < 1.29 is 13.2 Å². The Morgan fingerprint density at radius 3 is 2.56 bits per heavy atom. The minimum absolute atomic E-state index is 0.208. The van der Waals surface area contributed by atoms with Gasteiger partial charge in [0.2, 0.25) is 0 Å². The Kier molecular flexibility index (Phi) is 5.95. The van der Waals surface area contributed by atoms with Gasteiger partial charge in [0.15, 0.2) is 0 Å². The largest absolute Gasteiger partial charge is 0.417 e. The summed E-state index contributed by atoms with van der Waals surface area (Å²) in [6, 6.07) is 2.69. The standard InChI is InChI=1S/C12H17F3N2S/c1-9(16)4-2-3-7-18-11-6-5-10(8-17-11)12(13,14)15/h5-6,8-9H,2-4,7,16H2,1H3. The van der Waals surface area contributed by atoms with Crippen molar-refractivity contribution in [1.82, 2.24) is 4.98 Å². The van der Waals surface area contributed by atoms with Gasteiger partial charge in [0.05, 0.1) is 10.6 Å². The van der Waals surface area contributed by atoms with E-state index in [9.17, 15) is 13.2 Å². The first-order valence-corrected chi connectivity index (χ1v) is 6.80. The average Bonchev–Trinajstić information content (AvgIpc) is 2.27. The molecule has 18 heavy (non-hydrogen) atoms. The van der Waals surface area contributed by atoms with Crippen LogP contribution >= 0.6 is 11.8 Å². The van der Waals surface area contributed by atoms with Gasteiger partial charge in [-0.05, 0) is 37.7 Å². The van der Waals surface area contributed by atoms with Crippen LogP contribution in [0.4, 0.5) is 13.2 Å². The van der Waals surface area contributed by atoms with Gasteiger partial charge in [-0.25, -0.2) is 4.98 Å². The molecular weight excluding hydrogens is 261 g/mol. The molecule has 0 amide bonds. The lowest BCUT2D eigenvalue weighted by Crippen LogP contribution is -2.14. The fourth-order valence-corrected chi connectivity index (χ4v) is 2.23. The highest BCUT2D eigenvalue weighted by Gasteiger charge is 2.30. The molecule has 1 aromatic heterocycles. The van der Waals surface area contributed by atoms with Gasteiger partial charge in [-0.2, -0.15) is 13.2 Å². The van der Waals surface area contributed by atoms with Crippen LogP contribution in [-0.4, -0.2) is 16.8 Å². The highest BCUT2D eigenvalue weighted by Crippen LogP contribution is 2.29. The number of nitrogens with zero attached hydrogens (tertiary/aromatic N) is 1. The smallest absolute Gasteiger partial charge is 0.328 e. The number of unbranched alkanes of at least 4 members (excludes halogenated alkanes) is 1. The molecule has 0 fully saturated rings. The van der Waals surface area contributed by atoms with Gasteiger partial charge < -0.3 is 5.73 Å². The summed E-state index contributed by atoms with van der Waals surface area (Å²) in [7, 11) is 0. The van der Waals surface area contributed by atoms with E-state index in [1.165, 1.54) is 17.8 Å². The van der Waals surface area contributed by atoms with E-state index in [1.807, 2.05) is 6.92 Å². The van der Waals surface area contributed by atoms with Crippen molar-refractivity contribution in [2.24, 2.45) is 5.73 Å². The van der Waals surface area contributed by atoms with Crippen molar-refractivity contribution >= 4 is 11.8 Å². The van der Waals surface area contributed by atoms with Gasteiger partial charge in [-0.1, -0.05) is 6.42 Å². The molecule has 0 aromatic carbocycles. The predicted octanol–water partition coefficient (Wildman–Crippen LogP) is 3.71. The van der Waals surface area contributed by atoms with Crippen molar-refractivity contribution in [1.29, 1.82) is 0 Å². The summed E-state index contributed by atoms with van der Waals surface area (Å²) in [5.74, 6) is 0.852. The third kappa shape index (κ3) is 5.73. The van der Waals surface area contributed by atoms with E-state index in [0.717, 1.165) is 37.3 Å². The predicted molar refractivity (Wildman–Crippen MR) is 67.5 cm³/mol. The van der Waals surface area contributed by atoms with Gasteiger partial charge in [0, 0.05) is 12.2 Å². The summed E-state index contributed by atoms with van der Waals surface area (Å²) in [5, 5.41) is 0.629. The first kappa shape index (κ1) is 15.3. The maximum Gasteiger partial charge on any atom is 0.417 e. The van der Waals surface area contributed by atoms with Crippen molar-refractivity contribution in [2.75, 3.05) is 5.75 Å². The fraction of sp³-hybridized carbons (Fsp3) is 0.583. The van der Waals surface area contributed by atoms with Crippen LogP contribution in [0.2, 0.25) is 0 Å². The van der Waals surface area contributed by atoms with Crippen molar-refractivity contribution in [3.8, 4) is 0 Å². The zero-order chi connectivity index (χ0) is 13.6. The van der Waals surface area contributed by atoms with Crippen LogP contribution in [0.3, 0.4) is 0 Å². The number of nitrogens with two attached hydrogens (primary N) is 1. The van der Waals surface area contributed by atoms with E-state index >= 15 is 0 Å².